The number of amides is 1. The number of nitrogens with one attached hydrogen (secondary N) is 2. The summed E-state index contributed by atoms with van der Waals surface area (Å²) >= 11 is 0. The average molecular weight is 405 g/mol. The molecule has 1 aromatic carbocycles. The molecule has 0 aliphatic carbocycles. The third-order valence-corrected chi connectivity index (χ3v) is 5.60. The van der Waals surface area contributed by atoms with Crippen molar-refractivity contribution in [2.24, 2.45) is 11.8 Å². The molecule has 2 N–H and O–H groups in total. The Balaban J connectivity index is 0.00000261. The molecule has 0 radical (unpaired) electrons. The van der Waals surface area contributed by atoms with Crippen LogP contribution in [0.25, 0.3) is 0 Å². The average Bonchev–Trinajstić information content (AvgIpc) is 2.90. The molecule has 152 valence electrons. The highest BCUT2D eigenvalue weighted by atomic mass is 35.5. The van der Waals surface area contributed by atoms with Crippen LogP contribution in [0.15, 0.2) is 24.3 Å². The first-order valence-electron chi connectivity index (χ1n) is 9.45. The number of rotatable bonds is 5. The summed E-state index contributed by atoms with van der Waals surface area (Å²) in [6.07, 6.45) is 0.468. The first kappa shape index (κ1) is 22.0. The van der Waals surface area contributed by atoms with Gasteiger partial charge in [0.25, 0.3) is 0 Å². The van der Waals surface area contributed by atoms with E-state index in [2.05, 4.69) is 10.6 Å². The lowest BCUT2D eigenvalue weighted by atomic mass is 9.88. The van der Waals surface area contributed by atoms with Crippen molar-refractivity contribution in [2.75, 3.05) is 0 Å². The van der Waals surface area contributed by atoms with E-state index >= 15 is 0 Å². The zero-order chi connectivity index (χ0) is 18.9. The Hall–Kier alpha value is -1.27. The minimum absolute atomic E-state index is 0. The predicted molar refractivity (Wildman–Crippen MR) is 102 cm³/mol. The lowest BCUT2D eigenvalue weighted by Gasteiger charge is -2.30. The van der Waals surface area contributed by atoms with Crippen LogP contribution in [0.2, 0.25) is 0 Å². The van der Waals surface area contributed by atoms with Gasteiger partial charge in [-0.2, -0.15) is 13.2 Å². The highest BCUT2D eigenvalue weighted by molar-refractivity contribution is 5.85. The predicted octanol–water partition coefficient (Wildman–Crippen LogP) is 4.86. The maximum Gasteiger partial charge on any atom is 0.416 e. The third kappa shape index (κ3) is 5.61. The fraction of sp³-hybridized carbons (Fsp3) is 0.650. The van der Waals surface area contributed by atoms with E-state index in [1.807, 2.05) is 13.8 Å². The van der Waals surface area contributed by atoms with Crippen LogP contribution < -0.4 is 10.6 Å². The summed E-state index contributed by atoms with van der Waals surface area (Å²) in [5.74, 6) is 0.308. The third-order valence-electron chi connectivity index (χ3n) is 5.60. The Morgan fingerprint density at radius 3 is 2.41 bits per heavy atom. The molecule has 1 aromatic rings. The molecule has 2 aliphatic rings. The van der Waals surface area contributed by atoms with Crippen molar-refractivity contribution >= 4 is 18.3 Å². The highest BCUT2D eigenvalue weighted by Gasteiger charge is 2.35. The van der Waals surface area contributed by atoms with Crippen LogP contribution in [-0.2, 0) is 11.0 Å². The molecule has 3 unspecified atom stereocenters. The number of carbonyl (C=O) groups is 1. The number of piperidine rings is 1. The van der Waals surface area contributed by atoms with Gasteiger partial charge in [0.1, 0.15) is 0 Å². The summed E-state index contributed by atoms with van der Waals surface area (Å²) < 4.78 is 39.0. The van der Waals surface area contributed by atoms with Gasteiger partial charge in [0.15, 0.2) is 0 Å². The van der Waals surface area contributed by atoms with Gasteiger partial charge in [0.2, 0.25) is 5.91 Å². The first-order valence-corrected chi connectivity index (χ1v) is 9.45. The lowest BCUT2D eigenvalue weighted by Crippen LogP contribution is -2.40. The molecule has 7 heteroatoms. The Morgan fingerprint density at radius 2 is 1.85 bits per heavy atom. The monoisotopic (exact) mass is 404 g/mol. The molecular weight excluding hydrogens is 377 g/mol. The molecule has 0 saturated carbocycles. The second-order valence-corrected chi connectivity index (χ2v) is 8.09. The number of fused-ring (bicyclic) bond motifs is 2. The number of alkyl halides is 3. The van der Waals surface area contributed by atoms with Crippen LogP contribution in [0.1, 0.15) is 63.1 Å². The van der Waals surface area contributed by atoms with E-state index in [0.29, 0.717) is 30.0 Å². The van der Waals surface area contributed by atoms with Gasteiger partial charge < -0.3 is 10.6 Å². The van der Waals surface area contributed by atoms with Crippen molar-refractivity contribution in [3.05, 3.63) is 35.4 Å². The number of hydrogen-bond donors (Lipinski definition) is 2. The SMILES string of the molecule is CC(C)C(NC(=O)CC1CC2CCC(C1)N2)c1cccc(C(F)(F)F)c1.Cl. The van der Waals surface area contributed by atoms with Gasteiger partial charge in [0, 0.05) is 18.5 Å². The van der Waals surface area contributed by atoms with E-state index in [-0.39, 0.29) is 24.2 Å². The largest absolute Gasteiger partial charge is 0.416 e. The van der Waals surface area contributed by atoms with E-state index in [0.717, 1.165) is 25.0 Å². The van der Waals surface area contributed by atoms with Crippen LogP contribution in [0, 0.1) is 11.8 Å². The van der Waals surface area contributed by atoms with Gasteiger partial charge >= 0.3 is 6.18 Å². The summed E-state index contributed by atoms with van der Waals surface area (Å²) in [6.45, 7) is 3.83. The maximum absolute atomic E-state index is 13.0. The molecule has 2 heterocycles. The molecule has 0 aromatic heterocycles. The Kier molecular flexibility index (Phi) is 7.20. The van der Waals surface area contributed by atoms with Gasteiger partial charge in [0.05, 0.1) is 11.6 Å². The Bertz CT molecular complexity index is 638. The van der Waals surface area contributed by atoms with Crippen molar-refractivity contribution < 1.29 is 18.0 Å². The number of hydrogen-bond acceptors (Lipinski definition) is 2. The first-order chi connectivity index (χ1) is 12.2. The van der Waals surface area contributed by atoms with Crippen LogP contribution in [-0.4, -0.2) is 18.0 Å². The maximum atomic E-state index is 13.0. The molecule has 3 rings (SSSR count). The molecule has 1 amide bonds. The summed E-state index contributed by atoms with van der Waals surface area (Å²) in [6, 6.07) is 5.91. The molecule has 2 bridgehead atoms. The standard InChI is InChI=1S/C20H27F3N2O.ClH/c1-12(2)19(14-4-3-5-15(11-14)20(21,22)23)25-18(26)10-13-8-16-6-7-17(9-13)24-16;/h3-5,11-13,16-17,19,24H,6-10H2,1-2H3,(H,25,26);1H. The van der Waals surface area contributed by atoms with E-state index in [4.69, 9.17) is 0 Å². The fourth-order valence-electron chi connectivity index (χ4n) is 4.38. The van der Waals surface area contributed by atoms with E-state index in [1.54, 1.807) is 6.07 Å². The Morgan fingerprint density at radius 1 is 1.22 bits per heavy atom. The Labute approximate surface area is 164 Å². The minimum Gasteiger partial charge on any atom is -0.349 e. The molecule has 2 fully saturated rings. The van der Waals surface area contributed by atoms with Crippen molar-refractivity contribution in [3.63, 3.8) is 0 Å². The summed E-state index contributed by atoms with van der Waals surface area (Å²) in [4.78, 5) is 12.6. The van der Waals surface area contributed by atoms with Crippen molar-refractivity contribution in [1.82, 2.24) is 10.6 Å². The quantitative estimate of drug-likeness (QED) is 0.735. The minimum atomic E-state index is -4.38. The normalized spacial score (nSPS) is 25.8. The zero-order valence-electron chi connectivity index (χ0n) is 15.7. The van der Waals surface area contributed by atoms with E-state index in [9.17, 15) is 18.0 Å². The number of halogens is 4. The zero-order valence-corrected chi connectivity index (χ0v) is 16.5. The van der Waals surface area contributed by atoms with Gasteiger partial charge in [-0.1, -0.05) is 26.0 Å². The van der Waals surface area contributed by atoms with Crippen molar-refractivity contribution in [3.8, 4) is 0 Å². The summed E-state index contributed by atoms with van der Waals surface area (Å²) in [5.41, 5.74) is -0.168. The van der Waals surface area contributed by atoms with Crippen molar-refractivity contribution in [2.45, 2.75) is 70.3 Å². The summed E-state index contributed by atoms with van der Waals surface area (Å²) in [5, 5.41) is 6.54. The lowest BCUT2D eigenvalue weighted by molar-refractivity contribution is -0.137. The molecule has 27 heavy (non-hydrogen) atoms. The van der Waals surface area contributed by atoms with Gasteiger partial charge in [-0.3, -0.25) is 4.79 Å². The molecule has 0 spiro atoms. The van der Waals surface area contributed by atoms with Gasteiger partial charge in [-0.25, -0.2) is 0 Å². The molecule has 2 aliphatic heterocycles. The van der Waals surface area contributed by atoms with Crippen LogP contribution in [0.5, 0.6) is 0 Å². The van der Waals surface area contributed by atoms with Gasteiger partial charge in [-0.15, -0.1) is 12.4 Å². The van der Waals surface area contributed by atoms with Gasteiger partial charge in [-0.05, 0) is 55.2 Å². The van der Waals surface area contributed by atoms with E-state index < -0.39 is 17.8 Å². The molecule has 3 atom stereocenters. The van der Waals surface area contributed by atoms with Crippen molar-refractivity contribution in [1.29, 1.82) is 0 Å². The topological polar surface area (TPSA) is 41.1 Å². The highest BCUT2D eigenvalue weighted by Crippen LogP contribution is 2.34. The van der Waals surface area contributed by atoms with E-state index in [1.165, 1.54) is 18.9 Å². The second-order valence-electron chi connectivity index (χ2n) is 8.09. The number of benzene rings is 1. The summed E-state index contributed by atoms with van der Waals surface area (Å²) in [7, 11) is 0. The van der Waals surface area contributed by atoms with Crippen LogP contribution in [0.3, 0.4) is 0 Å². The number of carbonyl (C=O) groups excluding carboxylic acids is 1. The fourth-order valence-corrected chi connectivity index (χ4v) is 4.38. The molecule has 3 nitrogen and oxygen atoms in total. The molecule has 2 saturated heterocycles. The molecular formula is C20H28ClF3N2O. The second kappa shape index (κ2) is 8.82. The smallest absolute Gasteiger partial charge is 0.349 e. The van der Waals surface area contributed by atoms with Crippen LogP contribution >= 0.6 is 12.4 Å². The van der Waals surface area contributed by atoms with Crippen LogP contribution in [0.4, 0.5) is 13.2 Å².